The number of nitrogens with zero attached hydrogens (tertiary/aromatic N) is 4. The third kappa shape index (κ3) is 20.7. The van der Waals surface area contributed by atoms with E-state index in [2.05, 4.69) is 68.5 Å². The number of pyridine rings is 2. The molecule has 4 aliphatic heterocycles. The Hall–Kier alpha value is -15.4. The van der Waals surface area contributed by atoms with Gasteiger partial charge in [-0.15, -0.1) is 0 Å². The Bertz CT molecular complexity index is 5880. The molecule has 4 unspecified atom stereocenters. The van der Waals surface area contributed by atoms with Crippen LogP contribution in [0.25, 0.3) is 44.1 Å². The van der Waals surface area contributed by atoms with Gasteiger partial charge in [0.25, 0.3) is 47.3 Å². The van der Waals surface area contributed by atoms with Crippen molar-refractivity contribution in [3.63, 3.8) is 0 Å². The number of piperidine rings is 2. The molecular weight excluding hydrogens is 1590 g/mol. The number of carbonyl (C=O) groups excluding carboxylic acids is 14. The first-order valence-electron chi connectivity index (χ1n) is 40.1. The number of hydrogen-bond acceptors (Lipinski definition) is 21. The molecule has 10 aromatic rings. The summed E-state index contributed by atoms with van der Waals surface area (Å²) in [5, 5.41) is 41.0. The lowest BCUT2D eigenvalue weighted by Gasteiger charge is -2.27. The first kappa shape index (κ1) is 87.9. The van der Waals surface area contributed by atoms with E-state index in [1.165, 1.54) is 31.2 Å². The molecule has 0 saturated carbocycles. The Labute approximate surface area is 711 Å². The molecule has 8 aromatic carbocycles. The van der Waals surface area contributed by atoms with Crippen LogP contribution >= 0.6 is 0 Å². The number of benzene rings is 8. The maximum atomic E-state index is 13.4. The fourth-order valence-corrected chi connectivity index (χ4v) is 14.4. The van der Waals surface area contributed by atoms with Crippen molar-refractivity contribution in [1.29, 1.82) is 0 Å². The molecule has 14 amide bonds. The van der Waals surface area contributed by atoms with E-state index < -0.39 is 89.0 Å². The normalized spacial score (nSPS) is 15.1. The first-order valence-corrected chi connectivity index (χ1v) is 40.1. The summed E-state index contributed by atoms with van der Waals surface area (Å²) in [6, 6.07) is 51.6. The minimum absolute atomic E-state index is 0.0237. The van der Waals surface area contributed by atoms with Crippen LogP contribution in [0, 0.1) is 5.92 Å². The Morgan fingerprint density at radius 1 is 0.492 bits per heavy atom. The summed E-state index contributed by atoms with van der Waals surface area (Å²) in [5.41, 5.74) is 10.5. The van der Waals surface area contributed by atoms with Crippen molar-refractivity contribution in [2.75, 3.05) is 56.2 Å². The first-order chi connectivity index (χ1) is 59.5. The maximum absolute atomic E-state index is 13.4. The third-order valence-corrected chi connectivity index (χ3v) is 20.7. The van der Waals surface area contributed by atoms with E-state index in [1.807, 2.05) is 121 Å². The molecule has 636 valence electrons. The van der Waals surface area contributed by atoms with Gasteiger partial charge in [0.05, 0.1) is 55.8 Å². The summed E-state index contributed by atoms with van der Waals surface area (Å²) in [5.74, 6) is -7.68. The number of imide groups is 4. The second-order valence-corrected chi connectivity index (χ2v) is 30.6. The molecule has 4 aliphatic rings. The molecule has 32 heteroatoms. The van der Waals surface area contributed by atoms with E-state index >= 15 is 0 Å². The van der Waals surface area contributed by atoms with Gasteiger partial charge in [0.1, 0.15) is 23.7 Å². The molecule has 2 fully saturated rings. The fourth-order valence-electron chi connectivity index (χ4n) is 14.4. The largest absolute Gasteiger partial charge is 0.480 e. The van der Waals surface area contributed by atoms with E-state index in [-0.39, 0.29) is 89.6 Å². The minimum Gasteiger partial charge on any atom is -0.480 e. The molecule has 32 nitrogen and oxygen atoms in total. The number of carbonyl (C=O) groups is 15. The average Bonchev–Trinajstić information content (AvgIpc) is 1.59. The number of aliphatic carboxylic acids is 1. The fraction of sp³-hybridized carbons (Fsp3) is 0.250. The van der Waals surface area contributed by atoms with Gasteiger partial charge in [0, 0.05) is 110 Å². The Morgan fingerprint density at radius 3 is 1.36 bits per heavy atom. The highest BCUT2D eigenvalue weighted by Crippen LogP contribution is 2.38. The lowest BCUT2D eigenvalue weighted by atomic mass is 9.94. The van der Waals surface area contributed by atoms with Crippen molar-refractivity contribution in [3.05, 3.63) is 244 Å². The van der Waals surface area contributed by atoms with Crippen molar-refractivity contribution >= 4 is 139 Å². The van der Waals surface area contributed by atoms with Gasteiger partial charge in [-0.1, -0.05) is 97.9 Å². The Balaban J connectivity index is 0.000000184. The molecule has 0 radical (unpaired) electrons. The van der Waals surface area contributed by atoms with Gasteiger partial charge >= 0.3 is 12.1 Å². The summed E-state index contributed by atoms with van der Waals surface area (Å²) in [6.45, 7) is 9.97. The SMILES string of the molecule is CC(Nc1cccc2c1C(=O)N(C1CCC(=O)NC1=O)C2=O)C(=O)O.CNC(=O)c1cnc2ccc(-c3ccc(C(=O)NCCCNC(=O)C(C)Cc4cccc5c4C(=O)N(C4CCC(=O)NC4=O)C5=O)cc3)cc2c1Nc1ccccc1.CNC(=O)c1cnc2ccc(-c3ccc(C(=O)NCCCNC(=O)OC(C)(C)C)cc3)cc2c1Nc1ccccc1. The number of amides is 14. The molecular formula is C92H91N15O17. The zero-order valence-corrected chi connectivity index (χ0v) is 68.8. The summed E-state index contributed by atoms with van der Waals surface area (Å²) in [6.07, 6.45) is 4.06. The number of anilines is 5. The molecule has 0 aliphatic carbocycles. The van der Waals surface area contributed by atoms with Crippen molar-refractivity contribution < 1.29 is 81.8 Å². The zero-order valence-electron chi connectivity index (χ0n) is 68.8. The number of alkyl carbamates (subject to hydrolysis) is 1. The Kier molecular flexibility index (Phi) is 27.8. The highest BCUT2D eigenvalue weighted by molar-refractivity contribution is 6.26. The summed E-state index contributed by atoms with van der Waals surface area (Å²) in [7, 11) is 3.17. The number of aromatic nitrogens is 2. The van der Waals surface area contributed by atoms with Crippen LogP contribution in [0.5, 0.6) is 0 Å². The van der Waals surface area contributed by atoms with E-state index in [1.54, 1.807) is 90.6 Å². The topological polar surface area (TPSA) is 450 Å². The van der Waals surface area contributed by atoms with E-state index in [0.29, 0.717) is 83.7 Å². The molecule has 4 atom stereocenters. The second kappa shape index (κ2) is 39.2. The van der Waals surface area contributed by atoms with Crippen molar-refractivity contribution in [3.8, 4) is 22.3 Å². The highest BCUT2D eigenvalue weighted by Gasteiger charge is 2.48. The van der Waals surface area contributed by atoms with Gasteiger partial charge in [-0.2, -0.15) is 0 Å². The van der Waals surface area contributed by atoms with Gasteiger partial charge < -0.3 is 57.7 Å². The van der Waals surface area contributed by atoms with Gasteiger partial charge in [-0.25, -0.2) is 4.79 Å². The van der Waals surface area contributed by atoms with Crippen LogP contribution in [0.1, 0.15) is 162 Å². The number of nitrogens with one attached hydrogen (secondary N) is 11. The van der Waals surface area contributed by atoms with Crippen molar-refractivity contribution in [2.45, 2.75) is 103 Å². The van der Waals surface area contributed by atoms with Crippen LogP contribution in [0.2, 0.25) is 0 Å². The van der Waals surface area contributed by atoms with Crippen LogP contribution in [-0.4, -0.2) is 178 Å². The molecule has 12 N–H and O–H groups in total. The quantitative estimate of drug-likeness (QED) is 0.0177. The smallest absolute Gasteiger partial charge is 0.407 e. The van der Waals surface area contributed by atoms with E-state index in [4.69, 9.17) is 9.84 Å². The lowest BCUT2D eigenvalue weighted by molar-refractivity contribution is -0.138. The molecule has 14 rings (SSSR count). The van der Waals surface area contributed by atoms with E-state index in [0.717, 1.165) is 59.7 Å². The monoisotopic (exact) mass is 1680 g/mol. The molecule has 6 heterocycles. The molecule has 0 spiro atoms. The van der Waals surface area contributed by atoms with Gasteiger partial charge in [0.2, 0.25) is 29.5 Å². The van der Waals surface area contributed by atoms with Crippen LogP contribution < -0.4 is 58.5 Å². The maximum Gasteiger partial charge on any atom is 0.407 e. The predicted octanol–water partition coefficient (Wildman–Crippen LogP) is 10.1. The number of carboxylic acid groups (broad SMARTS) is 1. The van der Waals surface area contributed by atoms with Crippen LogP contribution in [0.3, 0.4) is 0 Å². The Morgan fingerprint density at radius 2 is 0.919 bits per heavy atom. The number of ether oxygens (including phenoxy) is 1. The molecule has 2 aromatic heterocycles. The number of fused-ring (bicyclic) bond motifs is 4. The van der Waals surface area contributed by atoms with Crippen molar-refractivity contribution in [1.82, 2.24) is 62.3 Å². The number of carboxylic acids is 1. The van der Waals surface area contributed by atoms with Gasteiger partial charge in [-0.3, -0.25) is 97.5 Å². The lowest BCUT2D eigenvalue weighted by Crippen LogP contribution is -2.54. The predicted molar refractivity (Wildman–Crippen MR) is 462 cm³/mol. The van der Waals surface area contributed by atoms with E-state index in [9.17, 15) is 71.9 Å². The molecule has 0 bridgehead atoms. The number of rotatable bonds is 26. The number of para-hydroxylation sites is 2. The van der Waals surface area contributed by atoms with Crippen LogP contribution in [0.15, 0.2) is 194 Å². The summed E-state index contributed by atoms with van der Waals surface area (Å²) in [4.78, 5) is 197. The van der Waals surface area contributed by atoms with Gasteiger partial charge in [-0.05, 0) is 179 Å². The average molecular weight is 1680 g/mol. The van der Waals surface area contributed by atoms with Crippen LogP contribution in [0.4, 0.5) is 33.2 Å². The van der Waals surface area contributed by atoms with Gasteiger partial charge in [0.15, 0.2) is 0 Å². The molecule has 124 heavy (non-hydrogen) atoms. The highest BCUT2D eigenvalue weighted by atomic mass is 16.6. The minimum atomic E-state index is -1.11. The number of hydrogen-bond donors (Lipinski definition) is 12. The second-order valence-electron chi connectivity index (χ2n) is 30.6. The zero-order chi connectivity index (χ0) is 88.6. The summed E-state index contributed by atoms with van der Waals surface area (Å²) >= 11 is 0. The standard InChI is InChI=1S/C44H41N7O7.C32H35N5O4.C16H15N3O6/c1-25(22-29-8-6-11-31-37(29)44(58)51(43(31)57)35-18-19-36(52)50-42(35)56)39(53)46-20-7-21-47-40(54)27-14-12-26(13-15-27)28-16-17-34-32(23-28)38(33(24-48-34)41(55)45-2)49-30-9-4-3-5-10-30;1-32(2,3)41-31(40)35-18-8-17-34-29(38)22-13-11-21(12-14-22)23-15-16-27-25(19-23)28(26(20-36-27)30(39)33-4)37-24-9-6-5-7-10-24;1-7(16(24)25)17-9-4-2-3-8-12(9)15(23)19(14(8)22)10-5-6-11(20)18-13(10)21/h3-6,8-17,23-25,35H,7,18-22H2,1-2H3,(H,45,55)(H,46,53)(H,47,54)(H,48,49)(H,50,52,56);5-7,9-16,19-20H,8,17-18H2,1-4H3,(H,33,39)(H,34,38)(H,35,40)(H,36,37);2-4,7,10,17H,5-6H2,1H3,(H,24,25)(H,18,20,21). The summed E-state index contributed by atoms with van der Waals surface area (Å²) < 4.78 is 5.20. The van der Waals surface area contributed by atoms with Crippen molar-refractivity contribution in [2.24, 2.45) is 5.92 Å². The van der Waals surface area contributed by atoms with Crippen LogP contribution in [-0.2, 0) is 39.9 Å². The molecule has 2 saturated heterocycles. The third-order valence-electron chi connectivity index (χ3n) is 20.7.